The molecule has 0 N–H and O–H groups in total. The number of hydrogen-bond acceptors (Lipinski definition) is 5. The SMILES string of the molecule is CCC1Oc2cc(OC(C)=O)ccc2CC1c1ccc(OC(C)=O)cc1. The summed E-state index contributed by atoms with van der Waals surface area (Å²) in [6.07, 6.45) is 1.71. The second-order valence-electron chi connectivity index (χ2n) is 6.40. The first-order valence-corrected chi connectivity index (χ1v) is 8.72. The van der Waals surface area contributed by atoms with Gasteiger partial charge in [-0.05, 0) is 42.2 Å². The molecule has 1 aliphatic rings. The van der Waals surface area contributed by atoms with Crippen LogP contribution in [-0.4, -0.2) is 18.0 Å². The highest BCUT2D eigenvalue weighted by Gasteiger charge is 2.30. The Labute approximate surface area is 152 Å². The predicted molar refractivity (Wildman–Crippen MR) is 96.7 cm³/mol. The van der Waals surface area contributed by atoms with E-state index in [1.54, 1.807) is 12.1 Å². The van der Waals surface area contributed by atoms with Crippen LogP contribution in [0, 0.1) is 0 Å². The summed E-state index contributed by atoms with van der Waals surface area (Å²) in [5.74, 6) is 1.33. The molecule has 1 heterocycles. The number of fused-ring (bicyclic) bond motifs is 1. The molecule has 5 heteroatoms. The molecule has 1 aliphatic heterocycles. The third-order valence-corrected chi connectivity index (χ3v) is 4.44. The van der Waals surface area contributed by atoms with Crippen molar-refractivity contribution in [1.82, 2.24) is 0 Å². The van der Waals surface area contributed by atoms with Crippen molar-refractivity contribution < 1.29 is 23.8 Å². The summed E-state index contributed by atoms with van der Waals surface area (Å²) in [7, 11) is 0. The summed E-state index contributed by atoms with van der Waals surface area (Å²) >= 11 is 0. The first kappa shape index (κ1) is 18.0. The van der Waals surface area contributed by atoms with Crippen LogP contribution in [0.15, 0.2) is 42.5 Å². The molecule has 2 unspecified atom stereocenters. The number of rotatable bonds is 4. The van der Waals surface area contributed by atoms with Gasteiger partial charge in [0.05, 0.1) is 0 Å². The van der Waals surface area contributed by atoms with Crippen LogP contribution < -0.4 is 14.2 Å². The molecule has 0 saturated carbocycles. The van der Waals surface area contributed by atoms with Crippen molar-refractivity contribution in [3.63, 3.8) is 0 Å². The first-order valence-electron chi connectivity index (χ1n) is 8.72. The Morgan fingerprint density at radius 3 is 2.23 bits per heavy atom. The van der Waals surface area contributed by atoms with Crippen LogP contribution in [0.2, 0.25) is 0 Å². The van der Waals surface area contributed by atoms with Gasteiger partial charge in [-0.1, -0.05) is 25.1 Å². The maximum Gasteiger partial charge on any atom is 0.308 e. The third kappa shape index (κ3) is 4.04. The van der Waals surface area contributed by atoms with Crippen molar-refractivity contribution >= 4 is 11.9 Å². The quantitative estimate of drug-likeness (QED) is 0.613. The number of benzene rings is 2. The number of carbonyl (C=O) groups excluding carboxylic acids is 2. The molecule has 2 aromatic rings. The van der Waals surface area contributed by atoms with Crippen molar-refractivity contribution in [2.45, 2.75) is 45.6 Å². The summed E-state index contributed by atoms with van der Waals surface area (Å²) in [5.41, 5.74) is 2.22. The molecule has 136 valence electrons. The molecule has 0 aliphatic carbocycles. The second-order valence-corrected chi connectivity index (χ2v) is 6.40. The molecule has 0 radical (unpaired) electrons. The molecule has 0 bridgehead atoms. The molecular weight excluding hydrogens is 332 g/mol. The van der Waals surface area contributed by atoms with Crippen LogP contribution in [-0.2, 0) is 16.0 Å². The average Bonchev–Trinajstić information content (AvgIpc) is 2.60. The molecule has 0 aromatic heterocycles. The number of esters is 2. The normalized spacial score (nSPS) is 18.4. The van der Waals surface area contributed by atoms with E-state index in [4.69, 9.17) is 14.2 Å². The highest BCUT2D eigenvalue weighted by Crippen LogP contribution is 2.39. The Morgan fingerprint density at radius 1 is 1.00 bits per heavy atom. The van der Waals surface area contributed by atoms with Gasteiger partial charge in [0.2, 0.25) is 0 Å². The van der Waals surface area contributed by atoms with E-state index in [-0.39, 0.29) is 24.0 Å². The summed E-state index contributed by atoms with van der Waals surface area (Å²) in [5, 5.41) is 0. The lowest BCUT2D eigenvalue weighted by Gasteiger charge is -2.33. The second kappa shape index (κ2) is 7.60. The van der Waals surface area contributed by atoms with Gasteiger partial charge in [-0.2, -0.15) is 0 Å². The fraction of sp³-hybridized carbons (Fsp3) is 0.333. The van der Waals surface area contributed by atoms with Crippen molar-refractivity contribution in [2.24, 2.45) is 0 Å². The van der Waals surface area contributed by atoms with Crippen molar-refractivity contribution in [3.05, 3.63) is 53.6 Å². The summed E-state index contributed by atoms with van der Waals surface area (Å²) in [6.45, 7) is 4.85. The van der Waals surface area contributed by atoms with Gasteiger partial charge in [-0.15, -0.1) is 0 Å². The molecule has 0 saturated heterocycles. The van der Waals surface area contributed by atoms with Gasteiger partial charge < -0.3 is 14.2 Å². The van der Waals surface area contributed by atoms with Crippen LogP contribution in [0.3, 0.4) is 0 Å². The van der Waals surface area contributed by atoms with E-state index in [2.05, 4.69) is 6.92 Å². The van der Waals surface area contributed by atoms with Gasteiger partial charge in [-0.3, -0.25) is 9.59 Å². The van der Waals surface area contributed by atoms with E-state index < -0.39 is 0 Å². The lowest BCUT2D eigenvalue weighted by Crippen LogP contribution is -2.30. The third-order valence-electron chi connectivity index (χ3n) is 4.44. The minimum atomic E-state index is -0.349. The zero-order chi connectivity index (χ0) is 18.7. The summed E-state index contributed by atoms with van der Waals surface area (Å²) < 4.78 is 16.4. The molecule has 3 rings (SSSR count). The van der Waals surface area contributed by atoms with E-state index in [0.717, 1.165) is 29.7 Å². The minimum absolute atomic E-state index is 0.0228. The zero-order valence-corrected chi connectivity index (χ0v) is 15.2. The highest BCUT2D eigenvalue weighted by atomic mass is 16.5. The molecule has 0 amide bonds. The van der Waals surface area contributed by atoms with E-state index in [9.17, 15) is 9.59 Å². The van der Waals surface area contributed by atoms with Gasteiger partial charge in [0.25, 0.3) is 0 Å². The van der Waals surface area contributed by atoms with Crippen LogP contribution in [0.5, 0.6) is 17.2 Å². The summed E-state index contributed by atoms with van der Waals surface area (Å²) in [4.78, 5) is 22.2. The Hall–Kier alpha value is -2.82. The summed E-state index contributed by atoms with van der Waals surface area (Å²) in [6, 6.07) is 13.1. The molecule has 5 nitrogen and oxygen atoms in total. The fourth-order valence-electron chi connectivity index (χ4n) is 3.31. The largest absolute Gasteiger partial charge is 0.489 e. The smallest absolute Gasteiger partial charge is 0.308 e. The maximum atomic E-state index is 11.1. The van der Waals surface area contributed by atoms with Crippen LogP contribution in [0.1, 0.15) is 44.2 Å². The molecule has 2 atom stereocenters. The van der Waals surface area contributed by atoms with Crippen LogP contribution >= 0.6 is 0 Å². The molecule has 26 heavy (non-hydrogen) atoms. The fourth-order valence-corrected chi connectivity index (χ4v) is 3.31. The number of hydrogen-bond donors (Lipinski definition) is 0. The van der Waals surface area contributed by atoms with Gasteiger partial charge in [0, 0.05) is 25.8 Å². The average molecular weight is 354 g/mol. The lowest BCUT2D eigenvalue weighted by molar-refractivity contribution is -0.132. The van der Waals surface area contributed by atoms with Crippen molar-refractivity contribution in [3.8, 4) is 17.2 Å². The maximum absolute atomic E-state index is 11.1. The molecular formula is C21H22O5. The zero-order valence-electron chi connectivity index (χ0n) is 15.2. The Bertz CT molecular complexity index is 810. The van der Waals surface area contributed by atoms with E-state index in [0.29, 0.717) is 11.5 Å². The minimum Gasteiger partial charge on any atom is -0.489 e. The van der Waals surface area contributed by atoms with Gasteiger partial charge in [-0.25, -0.2) is 0 Å². The van der Waals surface area contributed by atoms with Crippen molar-refractivity contribution in [1.29, 1.82) is 0 Å². The Morgan fingerprint density at radius 2 is 1.62 bits per heavy atom. The molecule has 2 aromatic carbocycles. The van der Waals surface area contributed by atoms with E-state index in [1.807, 2.05) is 30.3 Å². The Balaban J connectivity index is 1.83. The van der Waals surface area contributed by atoms with Gasteiger partial charge in [0.15, 0.2) is 0 Å². The Kier molecular flexibility index (Phi) is 5.26. The van der Waals surface area contributed by atoms with E-state index in [1.165, 1.54) is 13.8 Å². The standard InChI is InChI=1S/C21H22O5/c1-4-20-19(15-5-8-17(9-6-15)24-13(2)22)11-16-7-10-18(25-14(3)23)12-21(16)26-20/h5-10,12,19-20H,4,11H2,1-3H3. The van der Waals surface area contributed by atoms with Crippen LogP contribution in [0.25, 0.3) is 0 Å². The first-order chi connectivity index (χ1) is 12.5. The van der Waals surface area contributed by atoms with Gasteiger partial charge >= 0.3 is 11.9 Å². The van der Waals surface area contributed by atoms with Crippen LogP contribution in [0.4, 0.5) is 0 Å². The number of carbonyl (C=O) groups is 2. The topological polar surface area (TPSA) is 61.8 Å². The molecule has 0 fully saturated rings. The molecule has 0 spiro atoms. The van der Waals surface area contributed by atoms with E-state index >= 15 is 0 Å². The highest BCUT2D eigenvalue weighted by molar-refractivity contribution is 5.70. The lowest BCUT2D eigenvalue weighted by atomic mass is 9.84. The number of ether oxygens (including phenoxy) is 3. The monoisotopic (exact) mass is 354 g/mol. The predicted octanol–water partition coefficient (Wildman–Crippen LogP) is 4.03. The van der Waals surface area contributed by atoms with Gasteiger partial charge in [0.1, 0.15) is 23.4 Å². The van der Waals surface area contributed by atoms with Crippen molar-refractivity contribution in [2.75, 3.05) is 0 Å².